The second-order valence-corrected chi connectivity index (χ2v) is 5.37. The maximum absolute atomic E-state index is 10.8. The van der Waals surface area contributed by atoms with E-state index in [9.17, 15) is 4.79 Å². The number of nitrogens with two attached hydrogens (primary N) is 1. The monoisotopic (exact) mass is 235 g/mol. The highest BCUT2D eigenvalue weighted by molar-refractivity contribution is 5.70. The minimum atomic E-state index is -0.880. The highest BCUT2D eigenvalue weighted by Crippen LogP contribution is 2.35. The predicted octanol–water partition coefficient (Wildman–Crippen LogP) is 1.20. The van der Waals surface area contributed by atoms with E-state index in [4.69, 9.17) is 10.8 Å². The Morgan fingerprint density at radius 2 is 2.18 bits per heavy atom. The molecule has 1 aliphatic rings. The molecule has 0 unspecified atom stereocenters. The van der Waals surface area contributed by atoms with Gasteiger partial charge in [0.1, 0.15) is 0 Å². The molecule has 2 rings (SSSR count). The van der Waals surface area contributed by atoms with E-state index in [0.717, 1.165) is 30.5 Å². The third-order valence-electron chi connectivity index (χ3n) is 3.21. The van der Waals surface area contributed by atoms with Crippen molar-refractivity contribution in [3.63, 3.8) is 0 Å². The van der Waals surface area contributed by atoms with Crippen LogP contribution in [0.5, 0.6) is 0 Å². The van der Waals surface area contributed by atoms with E-state index in [2.05, 4.69) is 23.8 Å². The zero-order valence-electron chi connectivity index (χ0n) is 10.2. The molecule has 0 bridgehead atoms. The van der Waals surface area contributed by atoms with Gasteiger partial charge in [-0.25, -0.2) is 9.97 Å². The van der Waals surface area contributed by atoms with Crippen LogP contribution in [0.3, 0.4) is 0 Å². The summed E-state index contributed by atoms with van der Waals surface area (Å²) >= 11 is 0. The van der Waals surface area contributed by atoms with Gasteiger partial charge in [0.05, 0.1) is 12.1 Å². The Balaban J connectivity index is 2.43. The molecular formula is C12H17N3O2. The number of hydrogen-bond donors (Lipinski definition) is 2. The quantitative estimate of drug-likeness (QED) is 0.804. The first-order valence-electron chi connectivity index (χ1n) is 5.73. The van der Waals surface area contributed by atoms with Crippen molar-refractivity contribution in [2.75, 3.05) is 5.73 Å². The van der Waals surface area contributed by atoms with Crippen LogP contribution in [0.1, 0.15) is 37.2 Å². The molecule has 17 heavy (non-hydrogen) atoms. The van der Waals surface area contributed by atoms with Crippen molar-refractivity contribution in [2.45, 2.75) is 39.5 Å². The van der Waals surface area contributed by atoms with Gasteiger partial charge in [-0.15, -0.1) is 0 Å². The summed E-state index contributed by atoms with van der Waals surface area (Å²) in [6.07, 6.45) is 2.63. The molecule has 0 spiro atoms. The number of anilines is 1. The van der Waals surface area contributed by atoms with Gasteiger partial charge in [-0.2, -0.15) is 0 Å². The fraction of sp³-hybridized carbons (Fsp3) is 0.583. The van der Waals surface area contributed by atoms with Gasteiger partial charge in [0.25, 0.3) is 0 Å². The Morgan fingerprint density at radius 1 is 1.47 bits per heavy atom. The Bertz CT molecular complexity index is 469. The third-order valence-corrected chi connectivity index (χ3v) is 3.21. The Hall–Kier alpha value is -1.65. The van der Waals surface area contributed by atoms with Crippen molar-refractivity contribution in [1.29, 1.82) is 0 Å². The van der Waals surface area contributed by atoms with Crippen LogP contribution < -0.4 is 5.73 Å². The molecule has 0 aromatic carbocycles. The van der Waals surface area contributed by atoms with Crippen molar-refractivity contribution in [3.8, 4) is 0 Å². The highest BCUT2D eigenvalue weighted by Gasteiger charge is 2.29. The van der Waals surface area contributed by atoms with E-state index in [1.165, 1.54) is 0 Å². The zero-order valence-corrected chi connectivity index (χ0v) is 10.2. The first-order valence-corrected chi connectivity index (χ1v) is 5.73. The molecule has 0 amide bonds. The van der Waals surface area contributed by atoms with Gasteiger partial charge in [-0.1, -0.05) is 13.8 Å². The van der Waals surface area contributed by atoms with E-state index in [-0.39, 0.29) is 17.8 Å². The van der Waals surface area contributed by atoms with E-state index in [1.807, 2.05) is 0 Å². The molecule has 0 atom stereocenters. The van der Waals surface area contributed by atoms with Gasteiger partial charge in [-0.3, -0.25) is 4.79 Å². The number of aliphatic carboxylic acids is 1. The van der Waals surface area contributed by atoms with Crippen LogP contribution in [0.25, 0.3) is 0 Å². The number of aromatic nitrogens is 2. The lowest BCUT2D eigenvalue weighted by atomic mass is 9.76. The minimum Gasteiger partial charge on any atom is -0.481 e. The number of rotatable bonds is 2. The molecule has 0 aliphatic heterocycles. The summed E-state index contributed by atoms with van der Waals surface area (Å²) in [4.78, 5) is 19.1. The van der Waals surface area contributed by atoms with Crippen LogP contribution in [0.2, 0.25) is 0 Å². The molecule has 1 heterocycles. The largest absolute Gasteiger partial charge is 0.481 e. The first-order chi connectivity index (χ1) is 7.87. The van der Waals surface area contributed by atoms with E-state index in [0.29, 0.717) is 5.69 Å². The van der Waals surface area contributed by atoms with E-state index < -0.39 is 5.97 Å². The maximum Gasteiger partial charge on any atom is 0.309 e. The lowest BCUT2D eigenvalue weighted by Crippen LogP contribution is -2.26. The topological polar surface area (TPSA) is 89.1 Å². The van der Waals surface area contributed by atoms with Crippen LogP contribution in [0, 0.1) is 5.41 Å². The van der Waals surface area contributed by atoms with Crippen molar-refractivity contribution in [3.05, 3.63) is 17.0 Å². The van der Waals surface area contributed by atoms with Gasteiger partial charge < -0.3 is 10.8 Å². The van der Waals surface area contributed by atoms with Crippen molar-refractivity contribution in [1.82, 2.24) is 9.97 Å². The van der Waals surface area contributed by atoms with Crippen molar-refractivity contribution >= 4 is 11.9 Å². The molecule has 3 N–H and O–H groups in total. The number of carbonyl (C=O) groups is 1. The van der Waals surface area contributed by atoms with Crippen molar-refractivity contribution < 1.29 is 9.90 Å². The van der Waals surface area contributed by atoms with Crippen LogP contribution >= 0.6 is 0 Å². The molecule has 1 aromatic rings. The van der Waals surface area contributed by atoms with Gasteiger partial charge >= 0.3 is 5.97 Å². The summed E-state index contributed by atoms with van der Waals surface area (Å²) in [5.74, 6) is -0.701. The number of carboxylic acids is 1. The number of carboxylic acid groups (broad SMARTS) is 1. The molecule has 0 saturated carbocycles. The van der Waals surface area contributed by atoms with E-state index >= 15 is 0 Å². The fourth-order valence-corrected chi connectivity index (χ4v) is 2.33. The first kappa shape index (κ1) is 11.8. The van der Waals surface area contributed by atoms with E-state index in [1.54, 1.807) is 0 Å². The van der Waals surface area contributed by atoms with Crippen molar-refractivity contribution in [2.24, 2.45) is 5.41 Å². The average molecular weight is 235 g/mol. The molecule has 0 fully saturated rings. The summed E-state index contributed by atoms with van der Waals surface area (Å²) in [5, 5.41) is 8.86. The molecule has 5 nitrogen and oxygen atoms in total. The summed E-state index contributed by atoms with van der Waals surface area (Å²) in [5.41, 5.74) is 8.32. The Labute approximate surface area is 100 Å². The molecule has 5 heteroatoms. The Kier molecular flexibility index (Phi) is 2.77. The molecule has 1 aliphatic carbocycles. The van der Waals surface area contributed by atoms with Crippen LogP contribution in [-0.2, 0) is 24.1 Å². The van der Waals surface area contributed by atoms with Crippen LogP contribution in [-0.4, -0.2) is 21.0 Å². The Morgan fingerprint density at radius 3 is 2.82 bits per heavy atom. The summed E-state index contributed by atoms with van der Waals surface area (Å²) < 4.78 is 0. The highest BCUT2D eigenvalue weighted by atomic mass is 16.4. The SMILES string of the molecule is CC1(C)CCc2c(CC(=O)O)nc(N)nc2C1. The van der Waals surface area contributed by atoms with Crippen LogP contribution in [0.15, 0.2) is 0 Å². The number of nitrogens with zero attached hydrogens (tertiary/aromatic N) is 2. The van der Waals surface area contributed by atoms with Gasteiger partial charge in [0.2, 0.25) is 5.95 Å². The summed E-state index contributed by atoms with van der Waals surface area (Å²) in [7, 11) is 0. The molecule has 1 aromatic heterocycles. The van der Waals surface area contributed by atoms with Gasteiger partial charge in [-0.05, 0) is 30.2 Å². The molecular weight excluding hydrogens is 218 g/mol. The maximum atomic E-state index is 10.8. The smallest absolute Gasteiger partial charge is 0.309 e. The lowest BCUT2D eigenvalue weighted by Gasteiger charge is -2.31. The fourth-order valence-electron chi connectivity index (χ4n) is 2.33. The average Bonchev–Trinajstić information content (AvgIpc) is 2.13. The molecule has 0 radical (unpaired) electrons. The number of fused-ring (bicyclic) bond motifs is 1. The third kappa shape index (κ3) is 2.54. The predicted molar refractivity (Wildman–Crippen MR) is 63.6 cm³/mol. The van der Waals surface area contributed by atoms with Gasteiger partial charge in [0, 0.05) is 5.69 Å². The summed E-state index contributed by atoms with van der Waals surface area (Å²) in [6.45, 7) is 4.37. The molecule has 92 valence electrons. The van der Waals surface area contributed by atoms with Gasteiger partial charge in [0.15, 0.2) is 0 Å². The normalized spacial score (nSPS) is 17.5. The number of nitrogen functional groups attached to an aromatic ring is 1. The standard InChI is InChI=1S/C12H17N3O2/c1-12(2)4-3-7-8(5-10(16)17)14-11(13)15-9(7)6-12/h3-6H2,1-2H3,(H,16,17)(H2,13,14,15). The lowest BCUT2D eigenvalue weighted by molar-refractivity contribution is -0.136. The summed E-state index contributed by atoms with van der Waals surface area (Å²) in [6, 6.07) is 0. The minimum absolute atomic E-state index is 0.0739. The number of hydrogen-bond acceptors (Lipinski definition) is 4. The molecule has 0 saturated heterocycles. The zero-order chi connectivity index (χ0) is 12.6. The van der Waals surface area contributed by atoms with Crippen LogP contribution in [0.4, 0.5) is 5.95 Å². The second-order valence-electron chi connectivity index (χ2n) is 5.37. The second kappa shape index (κ2) is 3.98.